The van der Waals surface area contributed by atoms with E-state index in [0.717, 1.165) is 18.8 Å². The molecule has 0 radical (unpaired) electrons. The number of nitrogens with zero attached hydrogens (tertiary/aromatic N) is 3. The predicted octanol–water partition coefficient (Wildman–Crippen LogP) is 2.19. The Balaban J connectivity index is 0.00000338. The minimum absolute atomic E-state index is 0. The number of piperazine rings is 1. The van der Waals surface area contributed by atoms with Crippen LogP contribution >= 0.6 is 24.0 Å². The van der Waals surface area contributed by atoms with Crippen LogP contribution in [0.2, 0.25) is 0 Å². The summed E-state index contributed by atoms with van der Waals surface area (Å²) in [5, 5.41) is 3.07. The van der Waals surface area contributed by atoms with Crippen LogP contribution in [0.4, 0.5) is 10.1 Å². The van der Waals surface area contributed by atoms with Crippen LogP contribution in [0, 0.1) is 5.82 Å². The molecular weight excluding hydrogens is 448 g/mol. The van der Waals surface area contributed by atoms with Crippen molar-refractivity contribution in [2.75, 3.05) is 37.6 Å². The maximum Gasteiger partial charge on any atom is 0.224 e. The monoisotopic (exact) mass is 477 g/mol. The number of benzene rings is 1. The molecule has 26 heavy (non-hydrogen) atoms. The Kier molecular flexibility index (Phi) is 8.58. The summed E-state index contributed by atoms with van der Waals surface area (Å²) in [6.07, 6.45) is 0.350. The van der Waals surface area contributed by atoms with Gasteiger partial charge in [0.1, 0.15) is 5.82 Å². The van der Waals surface area contributed by atoms with E-state index < -0.39 is 0 Å². The molecule has 0 aromatic heterocycles. The van der Waals surface area contributed by atoms with Gasteiger partial charge >= 0.3 is 0 Å². The third kappa shape index (κ3) is 7.35. The van der Waals surface area contributed by atoms with E-state index in [1.807, 2.05) is 25.7 Å². The van der Waals surface area contributed by atoms with Crippen molar-refractivity contribution in [2.24, 2.45) is 10.7 Å². The number of carbonyl (C=O) groups is 1. The fourth-order valence-corrected chi connectivity index (χ4v) is 2.72. The average Bonchev–Trinajstić information content (AvgIpc) is 2.54. The number of anilines is 1. The van der Waals surface area contributed by atoms with Gasteiger partial charge in [-0.15, -0.1) is 24.0 Å². The molecule has 1 fully saturated rings. The molecule has 0 atom stereocenters. The number of aliphatic imine (C=N–C) groups is 1. The molecule has 6 nitrogen and oxygen atoms in total. The minimum Gasteiger partial charge on any atom is -0.370 e. The Morgan fingerprint density at radius 3 is 2.31 bits per heavy atom. The summed E-state index contributed by atoms with van der Waals surface area (Å²) in [6.45, 7) is 9.20. The fraction of sp³-hybridized carbons (Fsp3) is 0.556. The zero-order chi connectivity index (χ0) is 18.4. The second-order valence-corrected chi connectivity index (χ2v) is 7.24. The van der Waals surface area contributed by atoms with E-state index in [9.17, 15) is 9.18 Å². The van der Waals surface area contributed by atoms with Crippen molar-refractivity contribution >= 4 is 41.5 Å². The zero-order valence-electron chi connectivity index (χ0n) is 15.7. The Hall–Kier alpha value is -1.58. The van der Waals surface area contributed by atoms with Gasteiger partial charge in [0.05, 0.1) is 6.54 Å². The van der Waals surface area contributed by atoms with Crippen molar-refractivity contribution in [3.63, 3.8) is 0 Å². The maximum atomic E-state index is 13.0. The van der Waals surface area contributed by atoms with Crippen molar-refractivity contribution < 1.29 is 9.18 Å². The molecule has 0 aliphatic carbocycles. The number of nitrogens with one attached hydrogen (secondary N) is 1. The summed E-state index contributed by atoms with van der Waals surface area (Å²) in [7, 11) is 0. The minimum atomic E-state index is -0.238. The Morgan fingerprint density at radius 1 is 1.19 bits per heavy atom. The molecule has 146 valence electrons. The molecule has 1 aromatic carbocycles. The predicted molar refractivity (Wildman–Crippen MR) is 115 cm³/mol. The molecule has 1 amide bonds. The van der Waals surface area contributed by atoms with E-state index in [0.29, 0.717) is 32.0 Å². The van der Waals surface area contributed by atoms with Gasteiger partial charge in [-0.05, 0) is 45.0 Å². The molecule has 1 aliphatic rings. The third-order valence-corrected chi connectivity index (χ3v) is 3.94. The summed E-state index contributed by atoms with van der Waals surface area (Å²) in [6, 6.07) is 6.46. The Labute approximate surface area is 172 Å². The molecule has 0 saturated carbocycles. The topological polar surface area (TPSA) is 74.0 Å². The number of rotatable bonds is 4. The van der Waals surface area contributed by atoms with Gasteiger partial charge in [-0.2, -0.15) is 0 Å². The van der Waals surface area contributed by atoms with Crippen LogP contribution in [0.3, 0.4) is 0 Å². The van der Waals surface area contributed by atoms with Crippen LogP contribution in [0.15, 0.2) is 29.3 Å². The Bertz CT molecular complexity index is 607. The summed E-state index contributed by atoms with van der Waals surface area (Å²) in [5.41, 5.74) is 6.64. The quantitative estimate of drug-likeness (QED) is 0.396. The van der Waals surface area contributed by atoms with Gasteiger partial charge in [0.2, 0.25) is 5.91 Å². The van der Waals surface area contributed by atoms with Crippen LogP contribution in [-0.4, -0.2) is 55.0 Å². The third-order valence-electron chi connectivity index (χ3n) is 3.94. The number of hydrogen-bond donors (Lipinski definition) is 2. The van der Waals surface area contributed by atoms with Gasteiger partial charge in [0, 0.05) is 43.8 Å². The van der Waals surface area contributed by atoms with Crippen LogP contribution in [0.5, 0.6) is 0 Å². The first-order valence-corrected chi connectivity index (χ1v) is 8.61. The van der Waals surface area contributed by atoms with Crippen LogP contribution in [0.25, 0.3) is 0 Å². The number of nitrogens with two attached hydrogens (primary N) is 1. The maximum absolute atomic E-state index is 13.0. The lowest BCUT2D eigenvalue weighted by atomic mass is 10.1. The van der Waals surface area contributed by atoms with Crippen molar-refractivity contribution in [1.29, 1.82) is 0 Å². The summed E-state index contributed by atoms with van der Waals surface area (Å²) < 4.78 is 13.0. The summed E-state index contributed by atoms with van der Waals surface area (Å²) in [4.78, 5) is 20.5. The first-order valence-electron chi connectivity index (χ1n) is 8.61. The van der Waals surface area contributed by atoms with E-state index in [1.165, 1.54) is 12.1 Å². The van der Waals surface area contributed by atoms with Gasteiger partial charge in [-0.1, -0.05) is 0 Å². The molecule has 2 rings (SSSR count). The lowest BCUT2D eigenvalue weighted by molar-refractivity contribution is -0.131. The van der Waals surface area contributed by atoms with E-state index >= 15 is 0 Å². The molecular formula is C18H29FIN5O. The number of halogens is 2. The van der Waals surface area contributed by atoms with Gasteiger partial charge in [0.15, 0.2) is 5.96 Å². The van der Waals surface area contributed by atoms with E-state index in [1.54, 1.807) is 12.1 Å². The first kappa shape index (κ1) is 22.5. The molecule has 1 aliphatic heterocycles. The zero-order valence-corrected chi connectivity index (χ0v) is 18.0. The Morgan fingerprint density at radius 2 is 1.77 bits per heavy atom. The molecule has 1 saturated heterocycles. The molecule has 0 unspecified atom stereocenters. The van der Waals surface area contributed by atoms with Gasteiger partial charge in [0.25, 0.3) is 0 Å². The average molecular weight is 477 g/mol. The number of guanidine groups is 1. The van der Waals surface area contributed by atoms with Crippen molar-refractivity contribution in [3.8, 4) is 0 Å². The van der Waals surface area contributed by atoms with Crippen molar-refractivity contribution in [3.05, 3.63) is 30.1 Å². The largest absolute Gasteiger partial charge is 0.370 e. The van der Waals surface area contributed by atoms with Crippen molar-refractivity contribution in [2.45, 2.75) is 32.7 Å². The standard InChI is InChI=1S/C18H28FN5O.HI/c1-18(2,3)22-17(20)21-9-8-16(25)24-12-10-23(11-13-24)15-6-4-14(19)5-7-15;/h4-7H,8-13H2,1-3H3,(H3,20,21,22);1H. The van der Waals surface area contributed by atoms with E-state index in [4.69, 9.17) is 5.73 Å². The number of amides is 1. The highest BCUT2D eigenvalue weighted by Crippen LogP contribution is 2.17. The molecule has 1 heterocycles. The number of carbonyl (C=O) groups excluding carboxylic acids is 1. The second kappa shape index (κ2) is 9.94. The normalized spacial score (nSPS) is 15.5. The molecule has 1 aromatic rings. The molecule has 0 spiro atoms. The van der Waals surface area contributed by atoms with Crippen LogP contribution in [-0.2, 0) is 4.79 Å². The highest BCUT2D eigenvalue weighted by Gasteiger charge is 2.21. The smallest absolute Gasteiger partial charge is 0.224 e. The summed E-state index contributed by atoms with van der Waals surface area (Å²) in [5.74, 6) is 0.214. The van der Waals surface area contributed by atoms with Crippen molar-refractivity contribution in [1.82, 2.24) is 10.2 Å². The van der Waals surface area contributed by atoms with Crippen LogP contribution < -0.4 is 16.0 Å². The van der Waals surface area contributed by atoms with Gasteiger partial charge in [-0.25, -0.2) is 4.39 Å². The summed E-state index contributed by atoms with van der Waals surface area (Å²) >= 11 is 0. The molecule has 8 heteroatoms. The lowest BCUT2D eigenvalue weighted by Crippen LogP contribution is -2.49. The first-order chi connectivity index (χ1) is 11.7. The molecule has 0 bridgehead atoms. The fourth-order valence-electron chi connectivity index (χ4n) is 2.72. The van der Waals surface area contributed by atoms with E-state index in [-0.39, 0.29) is 41.2 Å². The number of hydrogen-bond acceptors (Lipinski definition) is 3. The van der Waals surface area contributed by atoms with E-state index in [2.05, 4.69) is 15.2 Å². The second-order valence-electron chi connectivity index (χ2n) is 7.24. The molecule has 3 N–H and O–H groups in total. The van der Waals surface area contributed by atoms with Gasteiger partial charge < -0.3 is 20.9 Å². The highest BCUT2D eigenvalue weighted by molar-refractivity contribution is 14.0. The van der Waals surface area contributed by atoms with Crippen LogP contribution in [0.1, 0.15) is 27.2 Å². The highest BCUT2D eigenvalue weighted by atomic mass is 127. The SMILES string of the molecule is CC(C)(C)NC(N)=NCCC(=O)N1CCN(c2ccc(F)cc2)CC1.I. The van der Waals surface area contributed by atoms with Gasteiger partial charge in [-0.3, -0.25) is 9.79 Å². The lowest BCUT2D eigenvalue weighted by Gasteiger charge is -2.36.